The molecule has 4 heterocycles. The Kier molecular flexibility index (Phi) is 13.7. The maximum atomic E-state index is 13.6. The first-order chi connectivity index (χ1) is 27.5. The Labute approximate surface area is 331 Å². The van der Waals surface area contributed by atoms with Crippen molar-refractivity contribution in [2.24, 2.45) is 0 Å². The summed E-state index contributed by atoms with van der Waals surface area (Å²) in [5.74, 6) is -0.312. The van der Waals surface area contributed by atoms with Gasteiger partial charge in [0.15, 0.2) is 23.1 Å². The summed E-state index contributed by atoms with van der Waals surface area (Å²) >= 11 is 6.54. The van der Waals surface area contributed by atoms with Gasteiger partial charge in [-0.1, -0.05) is 73.5 Å². The number of ether oxygens (including phenoxy) is 6. The third-order valence-corrected chi connectivity index (χ3v) is 9.62. The molecule has 0 spiro atoms. The molecule has 6 rings (SSSR count). The molecule has 4 unspecified atom stereocenters. The summed E-state index contributed by atoms with van der Waals surface area (Å²) < 4.78 is 34.8. The summed E-state index contributed by atoms with van der Waals surface area (Å²) in [7, 11) is 0. The van der Waals surface area contributed by atoms with E-state index >= 15 is 0 Å². The quantitative estimate of drug-likeness (QED) is 0.0443. The molecule has 0 radical (unpaired) electrons. The smallest absolute Gasteiger partial charge is 0.457 e. The lowest BCUT2D eigenvalue weighted by molar-refractivity contribution is -0.767. The van der Waals surface area contributed by atoms with Crippen molar-refractivity contribution in [3.05, 3.63) is 80.9 Å². The number of fused-ring (bicyclic) bond motifs is 1. The van der Waals surface area contributed by atoms with E-state index in [0.717, 1.165) is 35.1 Å². The van der Waals surface area contributed by atoms with Crippen LogP contribution in [-0.2, 0) is 51.0 Å². The van der Waals surface area contributed by atoms with Crippen molar-refractivity contribution in [1.29, 1.82) is 0 Å². The molecule has 2 aliphatic heterocycles. The van der Waals surface area contributed by atoms with Crippen LogP contribution < -0.4 is 0 Å². The summed E-state index contributed by atoms with van der Waals surface area (Å²) in [6, 6.07) is 15.5. The Morgan fingerprint density at radius 2 is 1.70 bits per heavy atom. The van der Waals surface area contributed by atoms with Gasteiger partial charge in [0.05, 0.1) is 13.2 Å². The number of aryl methyl sites for hydroxylation is 1. The summed E-state index contributed by atoms with van der Waals surface area (Å²) in [4.78, 5) is 58.1. The lowest BCUT2D eigenvalue weighted by Gasteiger charge is -2.19. The van der Waals surface area contributed by atoms with Gasteiger partial charge in [-0.25, -0.2) is 14.6 Å². The summed E-state index contributed by atoms with van der Waals surface area (Å²) in [5, 5.41) is 23.9. The average molecular weight is 812 g/mol. The minimum atomic E-state index is -1.38. The number of unbranched alkanes of at least 4 members (excludes halogenated alkanes) is 1. The molecular weight excluding hydrogens is 770 g/mol. The molecule has 2 saturated heterocycles. The van der Waals surface area contributed by atoms with Crippen LogP contribution >= 0.6 is 11.6 Å². The van der Waals surface area contributed by atoms with Crippen LogP contribution in [0, 0.1) is 10.1 Å². The molecule has 20 heteroatoms. The molecule has 304 valence electrons. The highest BCUT2D eigenvalue weighted by Crippen LogP contribution is 2.32. The topological polar surface area (TPSA) is 231 Å². The number of nitrogens with zero attached hydrogens (tertiary/aromatic N) is 6. The minimum absolute atomic E-state index is 0.00417. The van der Waals surface area contributed by atoms with Gasteiger partial charge < -0.3 is 37.8 Å². The van der Waals surface area contributed by atoms with Crippen LogP contribution in [0.1, 0.15) is 74.8 Å². The third-order valence-electron chi connectivity index (χ3n) is 9.36. The number of aromatic amines is 1. The molecule has 2 fully saturated rings. The molecule has 0 bridgehead atoms. The van der Waals surface area contributed by atoms with Crippen molar-refractivity contribution in [2.75, 3.05) is 13.2 Å². The fraction of sp³-hybridized carbons (Fsp3) is 0.486. The SMILES string of the molecule is CCCCc1nc(Cl)c(C(=O)OC(C)OC(=O)O[C@H]2COC3C2OC[C@@H]3OC(=O)CCCC(C)O[N+](=O)[O-])n1Cc1ccc(-c2ccccc2-c2nn[nH]n2)cc1. The molecule has 0 aliphatic carbocycles. The average Bonchev–Trinajstić information content (AvgIpc) is 3.98. The first-order valence-corrected chi connectivity index (χ1v) is 18.9. The Hall–Kier alpha value is -5.66. The Morgan fingerprint density at radius 1 is 1.00 bits per heavy atom. The zero-order chi connectivity index (χ0) is 40.5. The largest absolute Gasteiger partial charge is 0.511 e. The number of hydrogen-bond donors (Lipinski definition) is 1. The zero-order valence-electron chi connectivity index (χ0n) is 31.4. The van der Waals surface area contributed by atoms with Crippen LogP contribution in [0.2, 0.25) is 5.15 Å². The lowest BCUT2D eigenvalue weighted by Crippen LogP contribution is -2.36. The monoisotopic (exact) mass is 811 g/mol. The van der Waals surface area contributed by atoms with Crippen molar-refractivity contribution in [1.82, 2.24) is 30.2 Å². The fourth-order valence-corrected chi connectivity index (χ4v) is 6.92. The van der Waals surface area contributed by atoms with Crippen LogP contribution in [0.4, 0.5) is 4.79 Å². The lowest BCUT2D eigenvalue weighted by atomic mass is 9.98. The van der Waals surface area contributed by atoms with Gasteiger partial charge in [0, 0.05) is 31.9 Å². The molecule has 4 aromatic rings. The van der Waals surface area contributed by atoms with E-state index in [2.05, 4.69) is 30.4 Å². The predicted molar refractivity (Wildman–Crippen MR) is 197 cm³/mol. The van der Waals surface area contributed by atoms with Gasteiger partial charge in [0.1, 0.15) is 24.1 Å². The van der Waals surface area contributed by atoms with Crippen molar-refractivity contribution >= 4 is 29.7 Å². The van der Waals surface area contributed by atoms with Crippen molar-refractivity contribution < 1.29 is 52.7 Å². The molecule has 19 nitrogen and oxygen atoms in total. The Morgan fingerprint density at radius 3 is 2.37 bits per heavy atom. The van der Waals surface area contributed by atoms with Gasteiger partial charge in [-0.05, 0) is 48.1 Å². The Bertz CT molecular complexity index is 2010. The second-order valence-corrected chi connectivity index (χ2v) is 13.8. The number of carbonyl (C=O) groups is 3. The van der Waals surface area contributed by atoms with Gasteiger partial charge in [-0.3, -0.25) is 4.79 Å². The standard InChI is InChI=1S/C37H42ClN7O12/c1-4-5-12-29-39-34(38)31(44(29)18-23-14-16-24(17-15-23)25-10-6-7-11-26(25)35-40-42-43-41-35)36(47)53-22(3)54-37(48)56-28-20-52-32-27(19-51-33(28)32)55-30(46)13-8-9-21(2)57-45(49)50/h6-7,10-11,14-17,21-22,27-28,32-33H,4-5,8-9,12-13,18-20H2,1-3H3,(H,40,41,42,43)/t21?,22?,27-,28-,32?,33?/m0/s1. The van der Waals surface area contributed by atoms with Gasteiger partial charge >= 0.3 is 18.1 Å². The number of esters is 2. The van der Waals surface area contributed by atoms with Gasteiger partial charge in [0.2, 0.25) is 12.1 Å². The zero-order valence-corrected chi connectivity index (χ0v) is 32.2. The summed E-state index contributed by atoms with van der Waals surface area (Å²) in [5.41, 5.74) is 3.53. The van der Waals surface area contributed by atoms with Crippen LogP contribution in [-0.4, -0.2) is 103 Å². The molecular formula is C37H42ClN7O12. The molecule has 6 atom stereocenters. The number of nitrogens with one attached hydrogen (secondary N) is 1. The number of halogens is 1. The molecule has 1 N–H and O–H groups in total. The fourth-order valence-electron chi connectivity index (χ4n) is 6.65. The molecule has 2 aliphatic rings. The van der Waals surface area contributed by atoms with E-state index in [1.807, 2.05) is 55.5 Å². The van der Waals surface area contributed by atoms with Gasteiger partial charge in [0.25, 0.3) is 5.09 Å². The highest BCUT2D eigenvalue weighted by atomic mass is 35.5. The number of aromatic nitrogens is 6. The number of imidazole rings is 1. The van der Waals surface area contributed by atoms with Crippen molar-refractivity contribution in [2.45, 2.75) is 103 Å². The maximum absolute atomic E-state index is 13.6. The van der Waals surface area contributed by atoms with Gasteiger partial charge in [-0.15, -0.1) is 20.3 Å². The van der Waals surface area contributed by atoms with Crippen molar-refractivity contribution in [3.63, 3.8) is 0 Å². The number of benzene rings is 2. The number of H-pyrrole nitrogens is 1. The van der Waals surface area contributed by atoms with E-state index in [4.69, 9.17) is 40.0 Å². The minimum Gasteiger partial charge on any atom is -0.457 e. The molecule has 0 saturated carbocycles. The number of hydrogen-bond acceptors (Lipinski definition) is 16. The second-order valence-electron chi connectivity index (χ2n) is 13.5. The molecule has 0 amide bonds. The second kappa shape index (κ2) is 19.0. The Balaban J connectivity index is 1.03. The first kappa shape index (κ1) is 41.0. The van der Waals surface area contributed by atoms with Crippen LogP contribution in [0.5, 0.6) is 0 Å². The van der Waals surface area contributed by atoms with Crippen molar-refractivity contribution in [3.8, 4) is 22.5 Å². The van der Waals surface area contributed by atoms with Crippen LogP contribution in [0.25, 0.3) is 22.5 Å². The van der Waals surface area contributed by atoms with E-state index in [1.165, 1.54) is 13.8 Å². The predicted octanol–water partition coefficient (Wildman–Crippen LogP) is 5.28. The van der Waals surface area contributed by atoms with E-state index in [9.17, 15) is 24.5 Å². The molecule has 2 aromatic heterocycles. The third kappa shape index (κ3) is 10.4. The first-order valence-electron chi connectivity index (χ1n) is 18.5. The number of rotatable bonds is 18. The van der Waals surface area contributed by atoms with E-state index in [0.29, 0.717) is 30.9 Å². The highest BCUT2D eigenvalue weighted by Gasteiger charge is 2.51. The van der Waals surface area contributed by atoms with Crippen LogP contribution in [0.3, 0.4) is 0 Å². The van der Waals surface area contributed by atoms with E-state index in [1.54, 1.807) is 4.57 Å². The summed E-state index contributed by atoms with van der Waals surface area (Å²) in [6.45, 7) is 5.15. The molecule has 57 heavy (non-hydrogen) atoms. The molecule has 2 aromatic carbocycles. The normalized spacial score (nSPS) is 19.6. The van der Waals surface area contributed by atoms with E-state index in [-0.39, 0.29) is 37.0 Å². The maximum Gasteiger partial charge on any atom is 0.511 e. The number of tetrazole rings is 1. The number of carbonyl (C=O) groups excluding carboxylic acids is 3. The highest BCUT2D eigenvalue weighted by molar-refractivity contribution is 6.32. The van der Waals surface area contributed by atoms with E-state index < -0.39 is 60.0 Å². The van der Waals surface area contributed by atoms with Gasteiger partial charge in [-0.2, -0.15) is 5.21 Å². The van der Waals surface area contributed by atoms with Crippen LogP contribution in [0.15, 0.2) is 48.5 Å². The summed E-state index contributed by atoms with van der Waals surface area (Å²) in [6.07, 6.45) is -3.33.